The topological polar surface area (TPSA) is 55.6 Å². The summed E-state index contributed by atoms with van der Waals surface area (Å²) in [6.07, 6.45) is 6.64. The molecule has 0 atom stereocenters. The molecular formula is C12H24N2O2. The summed E-state index contributed by atoms with van der Waals surface area (Å²) < 4.78 is 5.66. The minimum atomic E-state index is 0.159. The maximum absolute atomic E-state index is 11.6. The minimum absolute atomic E-state index is 0.159. The van der Waals surface area contributed by atoms with Crippen LogP contribution in [-0.4, -0.2) is 43.7 Å². The molecule has 0 aliphatic heterocycles. The number of hydrogen-bond donors (Lipinski definition) is 1. The molecule has 0 saturated heterocycles. The highest BCUT2D eigenvalue weighted by Gasteiger charge is 2.16. The zero-order valence-corrected chi connectivity index (χ0v) is 10.3. The van der Waals surface area contributed by atoms with Gasteiger partial charge in [-0.2, -0.15) is 0 Å². The number of amides is 1. The number of carbonyl (C=O) groups is 1. The van der Waals surface area contributed by atoms with Crippen molar-refractivity contribution in [1.29, 1.82) is 0 Å². The van der Waals surface area contributed by atoms with Crippen molar-refractivity contribution in [2.45, 2.75) is 44.6 Å². The molecule has 16 heavy (non-hydrogen) atoms. The SMILES string of the molecule is CN(CCCN)C(=O)CCOC1CCCC1. The summed E-state index contributed by atoms with van der Waals surface area (Å²) in [7, 11) is 1.83. The second-order valence-electron chi connectivity index (χ2n) is 4.48. The van der Waals surface area contributed by atoms with E-state index in [-0.39, 0.29) is 5.91 Å². The summed E-state index contributed by atoms with van der Waals surface area (Å²) in [6.45, 7) is 1.95. The Morgan fingerprint density at radius 2 is 2.12 bits per heavy atom. The number of nitrogens with zero attached hydrogens (tertiary/aromatic N) is 1. The van der Waals surface area contributed by atoms with Gasteiger partial charge in [0.15, 0.2) is 0 Å². The molecule has 1 aliphatic rings. The molecule has 1 aliphatic carbocycles. The van der Waals surface area contributed by atoms with E-state index in [0.29, 0.717) is 25.7 Å². The van der Waals surface area contributed by atoms with Crippen molar-refractivity contribution in [3.05, 3.63) is 0 Å². The first-order valence-corrected chi connectivity index (χ1v) is 6.29. The largest absolute Gasteiger partial charge is 0.378 e. The summed E-state index contributed by atoms with van der Waals surface area (Å²) >= 11 is 0. The molecule has 1 amide bonds. The maximum Gasteiger partial charge on any atom is 0.224 e. The van der Waals surface area contributed by atoms with Gasteiger partial charge in [-0.15, -0.1) is 0 Å². The van der Waals surface area contributed by atoms with E-state index in [1.807, 2.05) is 7.05 Å². The Morgan fingerprint density at radius 1 is 1.44 bits per heavy atom. The van der Waals surface area contributed by atoms with E-state index in [9.17, 15) is 4.79 Å². The molecule has 1 saturated carbocycles. The first-order valence-electron chi connectivity index (χ1n) is 6.29. The summed E-state index contributed by atoms with van der Waals surface area (Å²) in [5.41, 5.74) is 5.40. The van der Waals surface area contributed by atoms with Crippen LogP contribution in [0.2, 0.25) is 0 Å². The van der Waals surface area contributed by atoms with Crippen molar-refractivity contribution >= 4 is 5.91 Å². The van der Waals surface area contributed by atoms with Gasteiger partial charge in [-0.25, -0.2) is 0 Å². The van der Waals surface area contributed by atoms with E-state index in [4.69, 9.17) is 10.5 Å². The van der Waals surface area contributed by atoms with Gasteiger partial charge >= 0.3 is 0 Å². The molecule has 0 aromatic heterocycles. The van der Waals surface area contributed by atoms with Crippen LogP contribution in [0.15, 0.2) is 0 Å². The Labute approximate surface area is 98.1 Å². The van der Waals surface area contributed by atoms with Crippen LogP contribution in [0.3, 0.4) is 0 Å². The Kier molecular flexibility index (Phi) is 6.42. The van der Waals surface area contributed by atoms with Crippen molar-refractivity contribution < 1.29 is 9.53 Å². The van der Waals surface area contributed by atoms with Crippen molar-refractivity contribution in [1.82, 2.24) is 4.90 Å². The van der Waals surface area contributed by atoms with E-state index < -0.39 is 0 Å². The lowest BCUT2D eigenvalue weighted by molar-refractivity contribution is -0.131. The highest BCUT2D eigenvalue weighted by Crippen LogP contribution is 2.20. The van der Waals surface area contributed by atoms with Crippen LogP contribution < -0.4 is 5.73 Å². The lowest BCUT2D eigenvalue weighted by atomic mass is 10.3. The van der Waals surface area contributed by atoms with Gasteiger partial charge in [-0.05, 0) is 25.8 Å². The molecule has 0 radical (unpaired) electrons. The van der Waals surface area contributed by atoms with Crippen LogP contribution in [0, 0.1) is 0 Å². The Balaban J connectivity index is 2.04. The lowest BCUT2D eigenvalue weighted by Crippen LogP contribution is -2.30. The number of nitrogens with two attached hydrogens (primary N) is 1. The molecule has 4 heteroatoms. The Bertz CT molecular complexity index is 203. The third-order valence-corrected chi connectivity index (χ3v) is 3.10. The minimum Gasteiger partial charge on any atom is -0.378 e. The maximum atomic E-state index is 11.6. The number of hydrogen-bond acceptors (Lipinski definition) is 3. The van der Waals surface area contributed by atoms with Crippen LogP contribution in [-0.2, 0) is 9.53 Å². The number of ether oxygens (including phenoxy) is 1. The Hall–Kier alpha value is -0.610. The van der Waals surface area contributed by atoms with E-state index in [1.54, 1.807) is 4.90 Å². The van der Waals surface area contributed by atoms with Gasteiger partial charge in [0.2, 0.25) is 5.91 Å². The van der Waals surface area contributed by atoms with Crippen molar-refractivity contribution in [2.24, 2.45) is 5.73 Å². The molecule has 1 fully saturated rings. The molecule has 0 aromatic rings. The van der Waals surface area contributed by atoms with Crippen molar-refractivity contribution in [2.75, 3.05) is 26.7 Å². The monoisotopic (exact) mass is 228 g/mol. The molecule has 4 nitrogen and oxygen atoms in total. The molecule has 2 N–H and O–H groups in total. The fourth-order valence-corrected chi connectivity index (χ4v) is 2.01. The van der Waals surface area contributed by atoms with Gasteiger partial charge in [0.1, 0.15) is 0 Å². The molecule has 1 rings (SSSR count). The predicted molar refractivity (Wildman–Crippen MR) is 64.1 cm³/mol. The summed E-state index contributed by atoms with van der Waals surface area (Å²) in [5, 5.41) is 0. The second kappa shape index (κ2) is 7.63. The molecule has 94 valence electrons. The van der Waals surface area contributed by atoms with Gasteiger partial charge in [0.05, 0.1) is 19.1 Å². The molecule has 0 heterocycles. The highest BCUT2D eigenvalue weighted by molar-refractivity contribution is 5.75. The third kappa shape index (κ3) is 4.94. The summed E-state index contributed by atoms with van der Waals surface area (Å²) in [5.74, 6) is 0.159. The van der Waals surface area contributed by atoms with Crippen LogP contribution in [0.25, 0.3) is 0 Å². The van der Waals surface area contributed by atoms with Gasteiger partial charge in [0, 0.05) is 13.6 Å². The quantitative estimate of drug-likeness (QED) is 0.711. The molecule has 0 bridgehead atoms. The number of carbonyl (C=O) groups excluding carboxylic acids is 1. The predicted octanol–water partition coefficient (Wildman–Crippen LogP) is 1.14. The first kappa shape index (κ1) is 13.5. The average molecular weight is 228 g/mol. The standard InChI is InChI=1S/C12H24N2O2/c1-14(9-4-8-13)12(15)7-10-16-11-5-2-3-6-11/h11H,2-10,13H2,1H3. The second-order valence-corrected chi connectivity index (χ2v) is 4.48. The van der Waals surface area contributed by atoms with Gasteiger partial charge in [-0.3, -0.25) is 4.79 Å². The van der Waals surface area contributed by atoms with Crippen molar-refractivity contribution in [3.8, 4) is 0 Å². The molecular weight excluding hydrogens is 204 g/mol. The van der Waals surface area contributed by atoms with Crippen LogP contribution in [0.4, 0.5) is 0 Å². The van der Waals surface area contributed by atoms with Gasteiger partial charge in [-0.1, -0.05) is 12.8 Å². The van der Waals surface area contributed by atoms with E-state index in [1.165, 1.54) is 12.8 Å². The number of rotatable bonds is 7. The van der Waals surface area contributed by atoms with Crippen molar-refractivity contribution in [3.63, 3.8) is 0 Å². The smallest absolute Gasteiger partial charge is 0.224 e. The molecule has 0 unspecified atom stereocenters. The molecule has 0 aromatic carbocycles. The van der Waals surface area contributed by atoms with E-state index in [2.05, 4.69) is 0 Å². The van der Waals surface area contributed by atoms with E-state index in [0.717, 1.165) is 25.8 Å². The first-order chi connectivity index (χ1) is 7.74. The molecule has 0 spiro atoms. The Morgan fingerprint density at radius 3 is 2.75 bits per heavy atom. The summed E-state index contributed by atoms with van der Waals surface area (Å²) in [6, 6.07) is 0. The zero-order valence-electron chi connectivity index (χ0n) is 10.3. The lowest BCUT2D eigenvalue weighted by Gasteiger charge is -2.17. The fraction of sp³-hybridized carbons (Fsp3) is 0.917. The van der Waals surface area contributed by atoms with Gasteiger partial charge < -0.3 is 15.4 Å². The van der Waals surface area contributed by atoms with Crippen LogP contribution >= 0.6 is 0 Å². The zero-order chi connectivity index (χ0) is 11.8. The third-order valence-electron chi connectivity index (χ3n) is 3.10. The average Bonchev–Trinajstić information content (AvgIpc) is 2.78. The fourth-order valence-electron chi connectivity index (χ4n) is 2.01. The highest BCUT2D eigenvalue weighted by atomic mass is 16.5. The normalized spacial score (nSPS) is 16.6. The van der Waals surface area contributed by atoms with Crippen LogP contribution in [0.1, 0.15) is 38.5 Å². The van der Waals surface area contributed by atoms with Gasteiger partial charge in [0.25, 0.3) is 0 Å². The summed E-state index contributed by atoms with van der Waals surface area (Å²) in [4.78, 5) is 13.4. The van der Waals surface area contributed by atoms with E-state index >= 15 is 0 Å². The van der Waals surface area contributed by atoms with Crippen LogP contribution in [0.5, 0.6) is 0 Å².